The van der Waals surface area contributed by atoms with E-state index in [1.807, 2.05) is 23.9 Å². The standard InChI is InChI=1S/C18H24FN5O2/c1-13-20-16(21-26-13)12-23-8-10-24(11-9-23)18(25)17(22(2)3)14-4-6-15(19)7-5-14/h4-7,17H,8-12H2,1-3H3/t17-/m1/s1. The van der Waals surface area contributed by atoms with E-state index < -0.39 is 6.04 Å². The Morgan fingerprint density at radius 1 is 1.23 bits per heavy atom. The Kier molecular flexibility index (Phi) is 5.63. The number of benzene rings is 1. The molecule has 0 spiro atoms. The van der Waals surface area contributed by atoms with Gasteiger partial charge in [0.2, 0.25) is 11.8 Å². The number of hydrogen-bond acceptors (Lipinski definition) is 6. The van der Waals surface area contributed by atoms with Crippen LogP contribution >= 0.6 is 0 Å². The lowest BCUT2D eigenvalue weighted by Gasteiger charge is -2.37. The van der Waals surface area contributed by atoms with Gasteiger partial charge in [0.05, 0.1) is 6.54 Å². The number of piperazine rings is 1. The van der Waals surface area contributed by atoms with E-state index in [0.29, 0.717) is 31.3 Å². The molecule has 1 aromatic carbocycles. The van der Waals surface area contributed by atoms with E-state index in [2.05, 4.69) is 15.0 Å². The van der Waals surface area contributed by atoms with E-state index in [1.165, 1.54) is 12.1 Å². The Morgan fingerprint density at radius 2 is 1.88 bits per heavy atom. The summed E-state index contributed by atoms with van der Waals surface area (Å²) in [6, 6.07) is 5.72. The molecule has 0 unspecified atom stereocenters. The highest BCUT2D eigenvalue weighted by Gasteiger charge is 2.30. The van der Waals surface area contributed by atoms with Crippen LogP contribution in [0.2, 0.25) is 0 Å². The summed E-state index contributed by atoms with van der Waals surface area (Å²) in [6.45, 7) is 5.17. The van der Waals surface area contributed by atoms with E-state index >= 15 is 0 Å². The summed E-state index contributed by atoms with van der Waals surface area (Å²) in [5.41, 5.74) is 0.797. The lowest BCUT2D eigenvalue weighted by atomic mass is 10.0. The highest BCUT2D eigenvalue weighted by Crippen LogP contribution is 2.22. The minimum atomic E-state index is -0.415. The van der Waals surface area contributed by atoms with Gasteiger partial charge in [0.1, 0.15) is 11.9 Å². The van der Waals surface area contributed by atoms with Crippen LogP contribution in [0.4, 0.5) is 4.39 Å². The molecule has 1 aliphatic heterocycles. The fourth-order valence-electron chi connectivity index (χ4n) is 3.21. The Hall–Kier alpha value is -2.32. The number of nitrogens with zero attached hydrogens (tertiary/aromatic N) is 5. The highest BCUT2D eigenvalue weighted by molar-refractivity contribution is 5.83. The van der Waals surface area contributed by atoms with Crippen LogP contribution in [0, 0.1) is 12.7 Å². The highest BCUT2D eigenvalue weighted by atomic mass is 19.1. The summed E-state index contributed by atoms with van der Waals surface area (Å²) < 4.78 is 18.2. The second kappa shape index (κ2) is 7.92. The van der Waals surface area contributed by atoms with E-state index in [1.54, 1.807) is 19.1 Å². The second-order valence-electron chi connectivity index (χ2n) is 6.75. The maximum absolute atomic E-state index is 13.2. The minimum Gasteiger partial charge on any atom is -0.340 e. The van der Waals surface area contributed by atoms with Gasteiger partial charge in [-0.25, -0.2) is 4.39 Å². The van der Waals surface area contributed by atoms with Gasteiger partial charge in [-0.15, -0.1) is 0 Å². The molecule has 0 saturated carbocycles. The molecule has 2 aromatic rings. The number of carbonyl (C=O) groups excluding carboxylic acids is 1. The van der Waals surface area contributed by atoms with Crippen molar-refractivity contribution in [3.8, 4) is 0 Å². The van der Waals surface area contributed by atoms with E-state index in [0.717, 1.165) is 18.7 Å². The predicted octanol–water partition coefficient (Wildman–Crippen LogP) is 1.46. The predicted molar refractivity (Wildman–Crippen MR) is 93.7 cm³/mol. The molecular formula is C18H24FN5O2. The first-order chi connectivity index (χ1) is 12.4. The first-order valence-electron chi connectivity index (χ1n) is 8.66. The quantitative estimate of drug-likeness (QED) is 0.803. The molecule has 26 heavy (non-hydrogen) atoms. The molecule has 3 rings (SSSR count). The monoisotopic (exact) mass is 361 g/mol. The number of amides is 1. The molecule has 1 amide bonds. The zero-order valence-electron chi connectivity index (χ0n) is 15.4. The Balaban J connectivity index is 1.61. The number of likely N-dealkylation sites (N-methyl/N-ethyl adjacent to an activating group) is 1. The smallest absolute Gasteiger partial charge is 0.244 e. The van der Waals surface area contributed by atoms with Crippen molar-refractivity contribution in [2.45, 2.75) is 19.5 Å². The molecule has 1 aliphatic rings. The number of hydrogen-bond donors (Lipinski definition) is 0. The second-order valence-corrected chi connectivity index (χ2v) is 6.75. The molecule has 2 heterocycles. The van der Waals surface area contributed by atoms with Crippen molar-refractivity contribution in [3.05, 3.63) is 47.4 Å². The van der Waals surface area contributed by atoms with E-state index in [9.17, 15) is 9.18 Å². The van der Waals surface area contributed by atoms with Crippen molar-refractivity contribution in [2.24, 2.45) is 0 Å². The van der Waals surface area contributed by atoms with Crippen molar-refractivity contribution < 1.29 is 13.7 Å². The van der Waals surface area contributed by atoms with Gasteiger partial charge in [0.25, 0.3) is 0 Å². The van der Waals surface area contributed by atoms with E-state index in [-0.39, 0.29) is 11.7 Å². The third-order valence-corrected chi connectivity index (χ3v) is 4.55. The van der Waals surface area contributed by atoms with Crippen LogP contribution in [-0.4, -0.2) is 71.0 Å². The zero-order valence-corrected chi connectivity index (χ0v) is 15.4. The lowest BCUT2D eigenvalue weighted by Crippen LogP contribution is -2.51. The van der Waals surface area contributed by atoms with Crippen LogP contribution in [0.15, 0.2) is 28.8 Å². The van der Waals surface area contributed by atoms with Gasteiger partial charge in [-0.1, -0.05) is 17.3 Å². The molecule has 8 heteroatoms. The van der Waals surface area contributed by atoms with Crippen LogP contribution in [0.3, 0.4) is 0 Å². The maximum atomic E-state index is 13.2. The van der Waals surface area contributed by atoms with Crippen LogP contribution in [0.5, 0.6) is 0 Å². The summed E-state index contributed by atoms with van der Waals surface area (Å²) in [5.74, 6) is 0.961. The molecule has 1 fully saturated rings. The lowest BCUT2D eigenvalue weighted by molar-refractivity contribution is -0.138. The Labute approximate surface area is 152 Å². The fraction of sp³-hybridized carbons (Fsp3) is 0.500. The molecular weight excluding hydrogens is 337 g/mol. The molecule has 0 bridgehead atoms. The largest absolute Gasteiger partial charge is 0.340 e. The summed E-state index contributed by atoms with van der Waals surface area (Å²) >= 11 is 0. The summed E-state index contributed by atoms with van der Waals surface area (Å²) in [4.78, 5) is 23.2. The third kappa shape index (κ3) is 4.25. The first-order valence-corrected chi connectivity index (χ1v) is 8.66. The molecule has 0 aliphatic carbocycles. The number of rotatable bonds is 5. The van der Waals surface area contributed by atoms with Gasteiger partial charge in [-0.3, -0.25) is 14.6 Å². The average Bonchev–Trinajstić information content (AvgIpc) is 3.02. The normalized spacial score (nSPS) is 16.9. The Bertz CT molecular complexity index is 738. The minimum absolute atomic E-state index is 0.0386. The molecule has 1 aromatic heterocycles. The van der Waals surface area contributed by atoms with Gasteiger partial charge in [0, 0.05) is 33.1 Å². The van der Waals surface area contributed by atoms with Crippen molar-refractivity contribution in [3.63, 3.8) is 0 Å². The number of aromatic nitrogens is 2. The number of halogens is 1. The zero-order chi connectivity index (χ0) is 18.7. The SMILES string of the molecule is Cc1nc(CN2CCN(C(=O)[C@@H](c3ccc(F)cc3)N(C)C)CC2)no1. The van der Waals surface area contributed by atoms with Gasteiger partial charge in [0.15, 0.2) is 5.82 Å². The van der Waals surface area contributed by atoms with Gasteiger partial charge in [-0.05, 0) is 31.8 Å². The van der Waals surface area contributed by atoms with Crippen LogP contribution in [0.1, 0.15) is 23.3 Å². The topological polar surface area (TPSA) is 65.7 Å². The van der Waals surface area contributed by atoms with Crippen molar-refractivity contribution in [2.75, 3.05) is 40.3 Å². The first kappa shape index (κ1) is 18.5. The van der Waals surface area contributed by atoms with Crippen molar-refractivity contribution in [1.82, 2.24) is 24.8 Å². The number of carbonyl (C=O) groups is 1. The average molecular weight is 361 g/mol. The van der Waals surface area contributed by atoms with E-state index in [4.69, 9.17) is 4.52 Å². The van der Waals surface area contributed by atoms with Crippen LogP contribution < -0.4 is 0 Å². The Morgan fingerprint density at radius 3 is 2.42 bits per heavy atom. The molecule has 1 saturated heterocycles. The van der Waals surface area contributed by atoms with Crippen molar-refractivity contribution >= 4 is 5.91 Å². The fourth-order valence-corrected chi connectivity index (χ4v) is 3.21. The molecule has 0 N–H and O–H groups in total. The summed E-state index contributed by atoms with van der Waals surface area (Å²) in [5, 5.41) is 3.92. The molecule has 0 radical (unpaired) electrons. The van der Waals surface area contributed by atoms with Gasteiger partial charge < -0.3 is 9.42 Å². The van der Waals surface area contributed by atoms with Crippen LogP contribution in [0.25, 0.3) is 0 Å². The molecule has 7 nitrogen and oxygen atoms in total. The summed E-state index contributed by atoms with van der Waals surface area (Å²) in [7, 11) is 3.72. The van der Waals surface area contributed by atoms with Gasteiger partial charge >= 0.3 is 0 Å². The van der Waals surface area contributed by atoms with Gasteiger partial charge in [-0.2, -0.15) is 4.98 Å². The maximum Gasteiger partial charge on any atom is 0.244 e. The summed E-state index contributed by atoms with van der Waals surface area (Å²) in [6.07, 6.45) is 0. The molecule has 1 atom stereocenters. The van der Waals surface area contributed by atoms with Crippen LogP contribution in [-0.2, 0) is 11.3 Å². The third-order valence-electron chi connectivity index (χ3n) is 4.55. The number of aryl methyl sites for hydroxylation is 1. The van der Waals surface area contributed by atoms with Crippen molar-refractivity contribution in [1.29, 1.82) is 0 Å². The molecule has 140 valence electrons.